The molecule has 0 fully saturated rings. The maximum absolute atomic E-state index is 13.3. The zero-order valence-electron chi connectivity index (χ0n) is 15.3. The Morgan fingerprint density at radius 3 is 2.38 bits per heavy atom. The molecule has 0 heterocycles. The molecule has 0 saturated carbocycles. The lowest BCUT2D eigenvalue weighted by Crippen LogP contribution is -2.22. The molecule has 0 aliphatic heterocycles. The summed E-state index contributed by atoms with van der Waals surface area (Å²) < 4.78 is 27.6. The largest absolute Gasteiger partial charge is 0.477 e. The first-order valence-electron chi connectivity index (χ1n) is 7.94. The Bertz CT molecular complexity index is 976. The Labute approximate surface area is 163 Å². The molecular formula is C18H15FN2O8. The number of ether oxygens (including phenoxy) is 3. The normalized spacial score (nSPS) is 10.0. The molecule has 2 aromatic carbocycles. The molecule has 11 heteroatoms. The molecule has 29 heavy (non-hydrogen) atoms. The molecule has 0 radical (unpaired) electrons. The fourth-order valence-corrected chi connectivity index (χ4v) is 2.26. The average molecular weight is 406 g/mol. The minimum Gasteiger partial charge on any atom is -0.477 e. The third-order valence-electron chi connectivity index (χ3n) is 3.60. The summed E-state index contributed by atoms with van der Waals surface area (Å²) in [6.45, 7) is -0.729. The second kappa shape index (κ2) is 9.26. The van der Waals surface area contributed by atoms with Crippen molar-refractivity contribution in [3.8, 4) is 5.75 Å². The molecule has 0 spiro atoms. The van der Waals surface area contributed by atoms with E-state index in [0.717, 1.165) is 32.4 Å². The van der Waals surface area contributed by atoms with E-state index in [1.54, 1.807) is 0 Å². The van der Waals surface area contributed by atoms with Gasteiger partial charge in [0.1, 0.15) is 5.82 Å². The maximum Gasteiger partial charge on any atom is 0.339 e. The van der Waals surface area contributed by atoms with Crippen LogP contribution in [-0.4, -0.2) is 43.6 Å². The van der Waals surface area contributed by atoms with Gasteiger partial charge in [0.25, 0.3) is 5.91 Å². The van der Waals surface area contributed by atoms with Crippen LogP contribution >= 0.6 is 0 Å². The number of nitro benzene ring substituents is 1. The van der Waals surface area contributed by atoms with Crippen molar-refractivity contribution in [2.24, 2.45) is 0 Å². The van der Waals surface area contributed by atoms with Crippen molar-refractivity contribution in [2.75, 3.05) is 26.1 Å². The molecule has 152 valence electrons. The molecule has 0 atom stereocenters. The van der Waals surface area contributed by atoms with Gasteiger partial charge < -0.3 is 19.5 Å². The van der Waals surface area contributed by atoms with Gasteiger partial charge in [0.15, 0.2) is 6.61 Å². The molecule has 0 aliphatic rings. The van der Waals surface area contributed by atoms with Crippen LogP contribution in [0.5, 0.6) is 5.75 Å². The summed E-state index contributed by atoms with van der Waals surface area (Å²) in [6.07, 6.45) is 0. The van der Waals surface area contributed by atoms with E-state index in [1.807, 2.05) is 0 Å². The summed E-state index contributed by atoms with van der Waals surface area (Å²) >= 11 is 0. The van der Waals surface area contributed by atoms with Gasteiger partial charge in [0, 0.05) is 12.1 Å². The molecule has 0 aromatic heterocycles. The van der Waals surface area contributed by atoms with Gasteiger partial charge in [-0.05, 0) is 24.3 Å². The number of methoxy groups -OCH3 is 2. The number of hydrogen-bond acceptors (Lipinski definition) is 8. The Morgan fingerprint density at radius 2 is 1.76 bits per heavy atom. The summed E-state index contributed by atoms with van der Waals surface area (Å²) in [5, 5.41) is 13.3. The Balaban J connectivity index is 2.22. The third kappa shape index (κ3) is 5.25. The first-order valence-corrected chi connectivity index (χ1v) is 7.94. The minimum atomic E-state index is -0.823. The van der Waals surface area contributed by atoms with Crippen molar-refractivity contribution in [3.63, 3.8) is 0 Å². The minimum absolute atomic E-state index is 0.0507. The fraction of sp³-hybridized carbons (Fsp3) is 0.167. The van der Waals surface area contributed by atoms with Crippen LogP contribution < -0.4 is 10.1 Å². The lowest BCUT2D eigenvalue weighted by atomic mass is 10.1. The number of carbonyl (C=O) groups excluding carboxylic acids is 3. The number of carbonyl (C=O) groups is 3. The molecule has 1 amide bonds. The Hall–Kier alpha value is -4.02. The number of hydrogen-bond donors (Lipinski definition) is 1. The second-order valence-corrected chi connectivity index (χ2v) is 5.45. The zero-order valence-corrected chi connectivity index (χ0v) is 15.3. The number of rotatable bonds is 7. The molecule has 1 N–H and O–H groups in total. The predicted molar refractivity (Wildman–Crippen MR) is 96.3 cm³/mol. The van der Waals surface area contributed by atoms with Gasteiger partial charge in [-0.1, -0.05) is 0 Å². The van der Waals surface area contributed by atoms with Crippen LogP contribution in [-0.2, 0) is 14.3 Å². The summed E-state index contributed by atoms with van der Waals surface area (Å²) in [6, 6.07) is 6.31. The highest BCUT2D eigenvalue weighted by Gasteiger charge is 2.20. The number of esters is 2. The first-order chi connectivity index (χ1) is 13.8. The number of nitrogens with zero attached hydrogens (tertiary/aromatic N) is 1. The van der Waals surface area contributed by atoms with Crippen molar-refractivity contribution in [1.29, 1.82) is 0 Å². The Kier molecular flexibility index (Phi) is 6.80. The predicted octanol–water partition coefficient (Wildman–Crippen LogP) is 2.32. The summed E-state index contributed by atoms with van der Waals surface area (Å²) in [4.78, 5) is 45.9. The zero-order chi connectivity index (χ0) is 21.6. The van der Waals surface area contributed by atoms with Crippen molar-refractivity contribution in [1.82, 2.24) is 0 Å². The number of anilines is 1. The monoisotopic (exact) mass is 406 g/mol. The molecule has 10 nitrogen and oxygen atoms in total. The number of amides is 1. The van der Waals surface area contributed by atoms with Crippen molar-refractivity contribution in [3.05, 3.63) is 63.5 Å². The molecule has 2 aromatic rings. The van der Waals surface area contributed by atoms with Gasteiger partial charge in [-0.15, -0.1) is 0 Å². The summed E-state index contributed by atoms with van der Waals surface area (Å²) in [5.74, 6) is -3.54. The second-order valence-electron chi connectivity index (χ2n) is 5.45. The molecule has 0 bridgehead atoms. The van der Waals surface area contributed by atoms with E-state index in [1.165, 1.54) is 18.2 Å². The molecule has 0 saturated heterocycles. The van der Waals surface area contributed by atoms with Crippen LogP contribution in [0.2, 0.25) is 0 Å². The van der Waals surface area contributed by atoms with Crippen LogP contribution in [0.3, 0.4) is 0 Å². The first kappa shape index (κ1) is 21.3. The van der Waals surface area contributed by atoms with E-state index in [2.05, 4.69) is 14.8 Å². The molecule has 2 rings (SSSR count). The van der Waals surface area contributed by atoms with E-state index in [-0.39, 0.29) is 16.8 Å². The van der Waals surface area contributed by atoms with Crippen molar-refractivity contribution < 1.29 is 37.9 Å². The fourth-order valence-electron chi connectivity index (χ4n) is 2.26. The third-order valence-corrected chi connectivity index (χ3v) is 3.60. The Morgan fingerprint density at radius 1 is 1.07 bits per heavy atom. The molecule has 0 aliphatic carbocycles. The SMILES string of the molecule is COC(=O)c1ccc(C(=O)OC)c(NC(=O)COc2cc(F)ccc2[N+](=O)[O-])c1. The van der Waals surface area contributed by atoms with E-state index < -0.39 is 46.6 Å². The van der Waals surface area contributed by atoms with Crippen LogP contribution in [0.25, 0.3) is 0 Å². The topological polar surface area (TPSA) is 134 Å². The molecular weight excluding hydrogens is 391 g/mol. The van der Waals surface area contributed by atoms with Crippen LogP contribution in [0, 0.1) is 15.9 Å². The quantitative estimate of drug-likeness (QED) is 0.421. The number of nitro groups is 1. The highest BCUT2D eigenvalue weighted by molar-refractivity contribution is 6.03. The van der Waals surface area contributed by atoms with Crippen LogP contribution in [0.1, 0.15) is 20.7 Å². The number of nitrogens with one attached hydrogen (secondary N) is 1. The van der Waals surface area contributed by atoms with Gasteiger partial charge in [-0.25, -0.2) is 14.0 Å². The number of halogens is 1. The van der Waals surface area contributed by atoms with Crippen LogP contribution in [0.15, 0.2) is 36.4 Å². The standard InChI is InChI=1S/C18H15FN2O8/c1-27-17(23)10-3-5-12(18(24)28-2)13(7-10)20-16(22)9-29-15-8-11(19)4-6-14(15)21(25)26/h3-8H,9H2,1-2H3,(H,20,22). The van der Waals surface area contributed by atoms with Gasteiger partial charge >= 0.3 is 17.6 Å². The van der Waals surface area contributed by atoms with Gasteiger partial charge in [0.2, 0.25) is 5.75 Å². The van der Waals surface area contributed by atoms with E-state index >= 15 is 0 Å². The average Bonchev–Trinajstić information content (AvgIpc) is 2.70. The highest BCUT2D eigenvalue weighted by atomic mass is 19.1. The maximum atomic E-state index is 13.3. The highest BCUT2D eigenvalue weighted by Crippen LogP contribution is 2.27. The van der Waals surface area contributed by atoms with E-state index in [4.69, 9.17) is 4.74 Å². The van der Waals surface area contributed by atoms with E-state index in [9.17, 15) is 28.9 Å². The summed E-state index contributed by atoms with van der Waals surface area (Å²) in [5.41, 5.74) is -0.591. The van der Waals surface area contributed by atoms with Gasteiger partial charge in [-0.2, -0.15) is 0 Å². The van der Waals surface area contributed by atoms with Gasteiger partial charge in [0.05, 0.1) is 36.0 Å². The smallest absolute Gasteiger partial charge is 0.339 e. The van der Waals surface area contributed by atoms with E-state index in [0.29, 0.717) is 0 Å². The number of benzene rings is 2. The lowest BCUT2D eigenvalue weighted by Gasteiger charge is -2.12. The summed E-state index contributed by atoms with van der Waals surface area (Å²) in [7, 11) is 2.29. The molecule has 0 unspecified atom stereocenters. The lowest BCUT2D eigenvalue weighted by molar-refractivity contribution is -0.385. The van der Waals surface area contributed by atoms with Crippen molar-refractivity contribution in [2.45, 2.75) is 0 Å². The van der Waals surface area contributed by atoms with Crippen LogP contribution in [0.4, 0.5) is 15.8 Å². The van der Waals surface area contributed by atoms with Gasteiger partial charge in [-0.3, -0.25) is 14.9 Å². The van der Waals surface area contributed by atoms with Crippen molar-refractivity contribution >= 4 is 29.2 Å².